The second-order valence-electron chi connectivity index (χ2n) is 18.6. The summed E-state index contributed by atoms with van der Waals surface area (Å²) in [5.74, 6) is 2.03. The van der Waals surface area contributed by atoms with Crippen LogP contribution < -0.4 is 0 Å². The van der Waals surface area contributed by atoms with Crippen molar-refractivity contribution in [3.63, 3.8) is 0 Å². The highest BCUT2D eigenvalue weighted by atomic mass is 16.7. The maximum atomic E-state index is 11.6. The molecule has 0 aromatic heterocycles. The summed E-state index contributed by atoms with van der Waals surface area (Å²) in [6.07, 6.45) is 19.1. The Morgan fingerprint density at radius 1 is 0.678 bits per heavy atom. The maximum absolute atomic E-state index is 11.6. The molecule has 4 fully saturated rings. The van der Waals surface area contributed by atoms with Gasteiger partial charge in [0.05, 0.1) is 48.8 Å². The fraction of sp³-hybridized carbons (Fsp3) is 0.837. The first kappa shape index (κ1) is 50.2. The van der Waals surface area contributed by atoms with Crippen LogP contribution in [0, 0.1) is 41.4 Å². The molecular formula is C49H84O10. The van der Waals surface area contributed by atoms with Gasteiger partial charge in [0, 0.05) is 53.1 Å². The summed E-state index contributed by atoms with van der Waals surface area (Å²) >= 11 is 0. The minimum absolute atomic E-state index is 0.0136. The molecule has 2 aliphatic heterocycles. The Balaban J connectivity index is 1.26. The van der Waals surface area contributed by atoms with Crippen molar-refractivity contribution in [2.75, 3.05) is 41.7 Å². The molecule has 0 bridgehead atoms. The number of ether oxygens (including phenoxy) is 8. The molecule has 1 unspecified atom stereocenters. The van der Waals surface area contributed by atoms with Crippen LogP contribution in [-0.4, -0.2) is 112 Å². The molecule has 0 aromatic carbocycles. The van der Waals surface area contributed by atoms with Crippen LogP contribution in [0.3, 0.4) is 0 Å². The summed E-state index contributed by atoms with van der Waals surface area (Å²) in [5.41, 5.74) is 0.716. The van der Waals surface area contributed by atoms with Crippen LogP contribution in [0.5, 0.6) is 0 Å². The zero-order valence-electron chi connectivity index (χ0n) is 39.1. The summed E-state index contributed by atoms with van der Waals surface area (Å²) in [5, 5.41) is 22.9. The van der Waals surface area contributed by atoms with Gasteiger partial charge in [0.15, 0.2) is 12.6 Å². The number of rotatable bonds is 23. The third-order valence-electron chi connectivity index (χ3n) is 15.2. The van der Waals surface area contributed by atoms with Gasteiger partial charge in [0.25, 0.3) is 0 Å². The molecule has 4 aliphatic rings. The first-order valence-electron chi connectivity index (χ1n) is 22.9. The Morgan fingerprint density at radius 2 is 1.20 bits per heavy atom. The molecule has 0 spiro atoms. The molecule has 4 rings (SSSR count). The highest BCUT2D eigenvalue weighted by Gasteiger charge is 2.55. The summed E-state index contributed by atoms with van der Waals surface area (Å²) in [6, 6.07) is 0. The Labute approximate surface area is 358 Å². The summed E-state index contributed by atoms with van der Waals surface area (Å²) < 4.78 is 48.3. The van der Waals surface area contributed by atoms with Crippen molar-refractivity contribution in [3.8, 4) is 0 Å². The SMILES string of the molecule is CC[C@H](OC)[C@@H](C)[C@H]1CC(O)([C@@H](C)/C=C/C=C(\C)[C@@H]2O[C@@H](OC)CC[C@@H]2OCCO[C@@H]2CC[C@H](OC)[C@H](/C(C)=C/C=C/[C@H](C)[C@]3(O)C[C@H]([C@H](C)[C@H](CC)OC)C3)O2)[C@@H]1C. The lowest BCUT2D eigenvalue weighted by atomic mass is 9.53. The van der Waals surface area contributed by atoms with Crippen molar-refractivity contribution in [2.45, 2.75) is 181 Å². The van der Waals surface area contributed by atoms with E-state index < -0.39 is 11.2 Å². The van der Waals surface area contributed by atoms with Gasteiger partial charge >= 0.3 is 0 Å². The monoisotopic (exact) mass is 833 g/mol. The topological polar surface area (TPSA) is 114 Å². The lowest BCUT2D eigenvalue weighted by Gasteiger charge is -2.56. The molecule has 15 atom stereocenters. The number of hydrogen-bond acceptors (Lipinski definition) is 10. The molecule has 2 saturated heterocycles. The molecule has 59 heavy (non-hydrogen) atoms. The molecule has 2 heterocycles. The average Bonchev–Trinajstić information content (AvgIpc) is 3.23. The number of methoxy groups -OCH3 is 4. The predicted molar refractivity (Wildman–Crippen MR) is 234 cm³/mol. The van der Waals surface area contributed by atoms with E-state index in [9.17, 15) is 10.2 Å². The van der Waals surface area contributed by atoms with Crippen molar-refractivity contribution in [1.82, 2.24) is 0 Å². The minimum Gasteiger partial charge on any atom is -0.389 e. The molecular weight excluding hydrogens is 749 g/mol. The van der Waals surface area contributed by atoms with Crippen LogP contribution in [0.4, 0.5) is 0 Å². The van der Waals surface area contributed by atoms with E-state index in [2.05, 4.69) is 98.8 Å². The Morgan fingerprint density at radius 3 is 1.76 bits per heavy atom. The van der Waals surface area contributed by atoms with E-state index >= 15 is 0 Å². The molecule has 340 valence electrons. The third kappa shape index (κ3) is 12.4. The van der Waals surface area contributed by atoms with Crippen LogP contribution in [0.15, 0.2) is 47.6 Å². The van der Waals surface area contributed by atoms with Crippen molar-refractivity contribution in [2.24, 2.45) is 41.4 Å². The summed E-state index contributed by atoms with van der Waals surface area (Å²) in [7, 11) is 7.00. The number of aliphatic hydroxyl groups is 2. The van der Waals surface area contributed by atoms with Crippen molar-refractivity contribution in [3.05, 3.63) is 47.6 Å². The fourth-order valence-electron chi connectivity index (χ4n) is 10.6. The Hall–Kier alpha value is -1.44. The highest BCUT2D eigenvalue weighted by molar-refractivity contribution is 5.20. The summed E-state index contributed by atoms with van der Waals surface area (Å²) in [6.45, 7) is 20.2. The largest absolute Gasteiger partial charge is 0.389 e. The van der Waals surface area contributed by atoms with Gasteiger partial charge in [0.1, 0.15) is 12.2 Å². The van der Waals surface area contributed by atoms with E-state index in [1.165, 1.54) is 0 Å². The van der Waals surface area contributed by atoms with Crippen LogP contribution in [0.2, 0.25) is 0 Å². The lowest BCUT2D eigenvalue weighted by Crippen LogP contribution is -2.59. The maximum Gasteiger partial charge on any atom is 0.158 e. The Bertz CT molecular complexity index is 1360. The van der Waals surface area contributed by atoms with E-state index in [-0.39, 0.29) is 67.0 Å². The van der Waals surface area contributed by atoms with Gasteiger partial charge in [0.2, 0.25) is 0 Å². The smallest absolute Gasteiger partial charge is 0.158 e. The zero-order chi connectivity index (χ0) is 43.5. The van der Waals surface area contributed by atoms with E-state index in [1.54, 1.807) is 28.4 Å². The normalized spacial score (nSPS) is 37.8. The third-order valence-corrected chi connectivity index (χ3v) is 15.2. The second kappa shape index (κ2) is 23.3. The molecule has 10 nitrogen and oxygen atoms in total. The van der Waals surface area contributed by atoms with Gasteiger partial charge in [-0.15, -0.1) is 0 Å². The van der Waals surface area contributed by atoms with Crippen molar-refractivity contribution >= 4 is 0 Å². The van der Waals surface area contributed by atoms with E-state index in [4.69, 9.17) is 37.9 Å². The van der Waals surface area contributed by atoms with E-state index in [0.29, 0.717) is 36.9 Å². The zero-order valence-corrected chi connectivity index (χ0v) is 39.1. The Kier molecular flexibility index (Phi) is 19.8. The van der Waals surface area contributed by atoms with Gasteiger partial charge in [-0.25, -0.2) is 0 Å². The van der Waals surface area contributed by atoms with Gasteiger partial charge in [-0.3, -0.25) is 0 Å². The van der Waals surface area contributed by atoms with Crippen LogP contribution in [0.1, 0.15) is 120 Å². The van der Waals surface area contributed by atoms with Crippen molar-refractivity contribution < 1.29 is 48.1 Å². The van der Waals surface area contributed by atoms with Crippen molar-refractivity contribution in [1.29, 1.82) is 0 Å². The molecule has 0 amide bonds. The molecule has 2 N–H and O–H groups in total. The van der Waals surface area contributed by atoms with Gasteiger partial charge < -0.3 is 48.1 Å². The number of allylic oxidation sites excluding steroid dienone is 4. The quantitative estimate of drug-likeness (QED) is 0.0764. The van der Waals surface area contributed by atoms with E-state index in [0.717, 1.165) is 68.9 Å². The second-order valence-corrected chi connectivity index (χ2v) is 18.6. The number of hydrogen-bond donors (Lipinski definition) is 2. The lowest BCUT2D eigenvalue weighted by molar-refractivity contribution is -0.231. The van der Waals surface area contributed by atoms with Crippen LogP contribution in [-0.2, 0) is 37.9 Å². The predicted octanol–water partition coefficient (Wildman–Crippen LogP) is 8.99. The highest BCUT2D eigenvalue weighted by Crippen LogP contribution is 2.53. The molecule has 0 aromatic rings. The molecule has 0 radical (unpaired) electrons. The standard InChI is InChI=1S/C49H84O10/c1-14-40(52-10)35(7)38-28-48(50,29-38)33(5)20-16-18-31(3)46-42(54-12)22-25-45(59-46)57-27-26-56-43-23-24-44(55-13)58-47(43)32(4)19-17-21-34(6)49(51)30-39(37(49)9)36(8)41(15-2)53-11/h16-21,33-47,50-51H,14-15,22-30H2,1-13H3/b20-16+,21-17+,31-18+,32-19+/t33-,34-,35-,36-,37+,38-,39+,40-,41-,42-,43-,44+,45-,46-,47-,48-,49?/m0/s1. The first-order valence-corrected chi connectivity index (χ1v) is 22.9. The molecule has 2 aliphatic carbocycles. The van der Waals surface area contributed by atoms with Gasteiger partial charge in [-0.1, -0.05) is 84.9 Å². The van der Waals surface area contributed by atoms with Gasteiger partial charge in [-0.05, 0) is 99.5 Å². The average molecular weight is 833 g/mol. The van der Waals surface area contributed by atoms with Crippen LogP contribution in [0.25, 0.3) is 0 Å². The molecule has 10 heteroatoms. The fourth-order valence-corrected chi connectivity index (χ4v) is 10.6. The minimum atomic E-state index is -0.721. The van der Waals surface area contributed by atoms with Crippen LogP contribution >= 0.6 is 0 Å². The first-order chi connectivity index (χ1) is 28.1. The molecule has 2 saturated carbocycles. The summed E-state index contributed by atoms with van der Waals surface area (Å²) in [4.78, 5) is 0. The van der Waals surface area contributed by atoms with Gasteiger partial charge in [-0.2, -0.15) is 0 Å². The van der Waals surface area contributed by atoms with E-state index in [1.807, 2.05) is 0 Å².